The number of alkyl halides is 2. The van der Waals surface area contributed by atoms with Crippen LogP contribution in [0.1, 0.15) is 85.0 Å². The van der Waals surface area contributed by atoms with Crippen LogP contribution in [0.5, 0.6) is 0 Å². The van der Waals surface area contributed by atoms with Crippen LogP contribution in [-0.2, 0) is 35.5 Å². The molecule has 4 aromatic rings. The summed E-state index contributed by atoms with van der Waals surface area (Å²) in [6, 6.07) is 18.3. The molecule has 2 aromatic carbocycles. The molecule has 0 saturated carbocycles. The Morgan fingerprint density at radius 3 is 2.32 bits per heavy atom. The van der Waals surface area contributed by atoms with E-state index in [0.717, 1.165) is 26.7 Å². The number of likely N-dealkylation sites (tertiary alicyclic amines) is 1. The van der Waals surface area contributed by atoms with Gasteiger partial charge in [0, 0.05) is 50.0 Å². The van der Waals surface area contributed by atoms with Crippen molar-refractivity contribution in [1.82, 2.24) is 30.4 Å². The zero-order chi connectivity index (χ0) is 39.9. The minimum atomic E-state index is -2.78. The van der Waals surface area contributed by atoms with Crippen LogP contribution in [0.2, 0.25) is 0 Å². The zero-order valence-corrected chi connectivity index (χ0v) is 34.1. The van der Waals surface area contributed by atoms with E-state index in [2.05, 4.69) is 34.4 Å². The molecule has 1 aliphatic heterocycles. The monoisotopic (exact) mass is 808 g/mol. The Bertz CT molecular complexity index is 1790. The summed E-state index contributed by atoms with van der Waals surface area (Å²) in [5, 5.41) is 8.95. The van der Waals surface area contributed by atoms with Gasteiger partial charge < -0.3 is 20.3 Å². The van der Waals surface area contributed by atoms with Crippen molar-refractivity contribution in [3.63, 3.8) is 0 Å². The molecule has 3 atom stereocenters. The normalized spacial score (nSPS) is 15.8. The first-order valence-corrected chi connectivity index (χ1v) is 21.2. The maximum absolute atomic E-state index is 14.3. The van der Waals surface area contributed by atoms with Crippen molar-refractivity contribution in [3.05, 3.63) is 104 Å². The molecule has 1 aliphatic rings. The van der Waals surface area contributed by atoms with Crippen molar-refractivity contribution >= 4 is 40.6 Å². The summed E-state index contributed by atoms with van der Waals surface area (Å²) < 4.78 is 34.2. The maximum atomic E-state index is 14.3. The molecule has 56 heavy (non-hydrogen) atoms. The molecular weight excluding hydrogens is 755 g/mol. The maximum Gasteiger partial charge on any atom is 0.407 e. The molecule has 3 heterocycles. The lowest BCUT2D eigenvalue weighted by Crippen LogP contribution is -2.49. The van der Waals surface area contributed by atoms with Gasteiger partial charge in [0.05, 0.1) is 40.2 Å². The standard InChI is InChI=1S/C42H54F2N6O4S2/c1-30(2)39-46-35(27-55-39)25-49(3)40(52)48-37(17-20-50-19-10-18-42(43,44)28-50)38(51)23-33(21-31-11-6-4-7-12-31)15-16-34(22-32-13-8-5-9-14-32)47-41(53)54-26-36-24-45-29-56-36/h4-9,11-14,24,27,29-30,33-34,37H,10,15-23,25-26,28H2,1-3H3,(H,47,53)(H,48,52). The van der Waals surface area contributed by atoms with Crippen molar-refractivity contribution in [2.75, 3.05) is 26.7 Å². The third kappa shape index (κ3) is 14.3. The number of hydrogen-bond donors (Lipinski definition) is 2. The van der Waals surface area contributed by atoms with Crippen molar-refractivity contribution in [2.24, 2.45) is 5.92 Å². The number of amides is 3. The van der Waals surface area contributed by atoms with E-state index < -0.39 is 24.1 Å². The first-order valence-electron chi connectivity index (χ1n) is 19.4. The summed E-state index contributed by atoms with van der Waals surface area (Å²) in [7, 11) is 1.66. The van der Waals surface area contributed by atoms with Crippen LogP contribution in [0.3, 0.4) is 0 Å². The Labute approximate surface area is 337 Å². The van der Waals surface area contributed by atoms with Crippen LogP contribution >= 0.6 is 22.7 Å². The lowest BCUT2D eigenvalue weighted by atomic mass is 9.86. The van der Waals surface area contributed by atoms with Crippen molar-refractivity contribution < 1.29 is 27.9 Å². The molecule has 302 valence electrons. The molecule has 0 bridgehead atoms. The summed E-state index contributed by atoms with van der Waals surface area (Å²) in [6.45, 7) is 4.95. The molecule has 0 aliphatic carbocycles. The number of aromatic nitrogens is 2. The highest BCUT2D eigenvalue weighted by atomic mass is 32.1. The summed E-state index contributed by atoms with van der Waals surface area (Å²) in [4.78, 5) is 53.7. The number of ether oxygens (including phenoxy) is 1. The lowest BCUT2D eigenvalue weighted by molar-refractivity contribution is -0.122. The molecule has 3 amide bonds. The number of Topliss-reactive ketones (excluding diaryl/α,β-unsaturated/α-hetero) is 1. The third-order valence-electron chi connectivity index (χ3n) is 9.96. The highest BCUT2D eigenvalue weighted by Gasteiger charge is 2.36. The minimum Gasteiger partial charge on any atom is -0.444 e. The molecule has 14 heteroatoms. The van der Waals surface area contributed by atoms with Gasteiger partial charge in [-0.15, -0.1) is 22.7 Å². The quantitative estimate of drug-likeness (QED) is 0.0921. The van der Waals surface area contributed by atoms with Gasteiger partial charge in [0.1, 0.15) is 6.61 Å². The second-order valence-electron chi connectivity index (χ2n) is 15.1. The number of benzene rings is 2. The fourth-order valence-electron chi connectivity index (χ4n) is 6.97. The highest BCUT2D eigenvalue weighted by molar-refractivity contribution is 7.09. The van der Waals surface area contributed by atoms with E-state index in [1.807, 2.05) is 66.0 Å². The van der Waals surface area contributed by atoms with Gasteiger partial charge in [-0.05, 0) is 62.1 Å². The largest absolute Gasteiger partial charge is 0.444 e. The summed E-state index contributed by atoms with van der Waals surface area (Å²) >= 11 is 2.96. The molecule has 0 spiro atoms. The van der Waals surface area contributed by atoms with Crippen LogP contribution in [0.15, 0.2) is 77.8 Å². The van der Waals surface area contributed by atoms with Crippen LogP contribution < -0.4 is 10.6 Å². The summed E-state index contributed by atoms with van der Waals surface area (Å²) in [5.41, 5.74) is 4.59. The molecule has 0 radical (unpaired) electrons. The number of piperidine rings is 1. The molecule has 10 nitrogen and oxygen atoms in total. The Balaban J connectivity index is 1.30. The number of rotatable bonds is 20. The van der Waals surface area contributed by atoms with E-state index in [1.165, 1.54) is 16.2 Å². The number of alkyl carbamates (subject to hydrolysis) is 1. The summed E-state index contributed by atoms with van der Waals surface area (Å²) in [6.07, 6.45) is 4.12. The van der Waals surface area contributed by atoms with Gasteiger partial charge in [-0.3, -0.25) is 14.7 Å². The fraction of sp³-hybridized carbons (Fsp3) is 0.500. The van der Waals surface area contributed by atoms with Crippen molar-refractivity contribution in [1.29, 1.82) is 0 Å². The second-order valence-corrected chi connectivity index (χ2v) is 17.0. The van der Waals surface area contributed by atoms with Crippen LogP contribution in [0.25, 0.3) is 0 Å². The van der Waals surface area contributed by atoms with E-state index in [0.29, 0.717) is 38.6 Å². The first-order chi connectivity index (χ1) is 26.9. The van der Waals surface area contributed by atoms with Gasteiger partial charge in [-0.2, -0.15) is 0 Å². The minimum absolute atomic E-state index is 0.125. The number of thiazole rings is 2. The topological polar surface area (TPSA) is 117 Å². The number of hydrogen-bond acceptors (Lipinski definition) is 9. The molecule has 2 aromatic heterocycles. The number of nitrogens with one attached hydrogen (secondary N) is 2. The highest BCUT2D eigenvalue weighted by Crippen LogP contribution is 2.27. The van der Waals surface area contributed by atoms with Gasteiger partial charge in [0.2, 0.25) is 0 Å². The Morgan fingerprint density at radius 1 is 0.964 bits per heavy atom. The van der Waals surface area contributed by atoms with Crippen LogP contribution in [0, 0.1) is 5.92 Å². The number of urea groups is 1. The van der Waals surface area contributed by atoms with E-state index in [1.54, 1.807) is 35.0 Å². The molecule has 1 fully saturated rings. The zero-order valence-electron chi connectivity index (χ0n) is 32.5. The molecule has 5 rings (SSSR count). The lowest BCUT2D eigenvalue weighted by Gasteiger charge is -2.33. The Kier molecular flexibility index (Phi) is 16.3. The molecule has 3 unspecified atom stereocenters. The predicted molar refractivity (Wildman–Crippen MR) is 217 cm³/mol. The van der Waals surface area contributed by atoms with Gasteiger partial charge >= 0.3 is 12.1 Å². The number of nitrogens with zero attached hydrogens (tertiary/aromatic N) is 4. The number of ketones is 1. The van der Waals surface area contributed by atoms with Gasteiger partial charge in [-0.1, -0.05) is 74.5 Å². The molecular formula is C42H54F2N6O4S2. The van der Waals surface area contributed by atoms with Crippen molar-refractivity contribution in [3.8, 4) is 0 Å². The fourth-order valence-corrected chi connectivity index (χ4v) is 8.30. The van der Waals surface area contributed by atoms with Gasteiger partial charge in [-0.25, -0.2) is 23.4 Å². The molecule has 1 saturated heterocycles. The van der Waals surface area contributed by atoms with Crippen molar-refractivity contribution in [2.45, 2.75) is 102 Å². The van der Waals surface area contributed by atoms with Gasteiger partial charge in [0.15, 0.2) is 5.78 Å². The Morgan fingerprint density at radius 2 is 1.68 bits per heavy atom. The van der Waals surface area contributed by atoms with Crippen LogP contribution in [-0.4, -0.2) is 82.4 Å². The number of carbonyl (C=O) groups is 3. The molecule has 2 N–H and O–H groups in total. The SMILES string of the molecule is CC(C)c1nc(CN(C)C(=O)NC(CCN2CCCC(F)(F)C2)C(=O)CC(CCC(Cc2ccccc2)NC(=O)OCc2cncs2)Cc2ccccc2)cs1. The third-order valence-corrected chi connectivity index (χ3v) is 11.9. The number of carbonyl (C=O) groups excluding carboxylic acids is 3. The first kappa shape index (κ1) is 42.9. The van der Waals surface area contributed by atoms with E-state index in [-0.39, 0.29) is 69.2 Å². The predicted octanol–water partition coefficient (Wildman–Crippen LogP) is 8.49. The number of halogens is 2. The van der Waals surface area contributed by atoms with E-state index in [4.69, 9.17) is 4.74 Å². The van der Waals surface area contributed by atoms with Gasteiger partial charge in [0.25, 0.3) is 5.92 Å². The second kappa shape index (κ2) is 21.3. The smallest absolute Gasteiger partial charge is 0.407 e. The summed E-state index contributed by atoms with van der Waals surface area (Å²) in [5.74, 6) is -2.78. The Hall–Kier alpha value is -4.27. The van der Waals surface area contributed by atoms with Crippen LogP contribution in [0.4, 0.5) is 18.4 Å². The average Bonchev–Trinajstić information content (AvgIpc) is 3.88. The van der Waals surface area contributed by atoms with E-state index in [9.17, 15) is 23.2 Å². The van der Waals surface area contributed by atoms with E-state index >= 15 is 0 Å². The average molecular weight is 809 g/mol.